The summed E-state index contributed by atoms with van der Waals surface area (Å²) in [6.07, 6.45) is 0.951. The molecular formula is C19H22BrNO3. The van der Waals surface area contributed by atoms with Gasteiger partial charge in [0.2, 0.25) is 0 Å². The van der Waals surface area contributed by atoms with E-state index in [0.717, 1.165) is 27.9 Å². The van der Waals surface area contributed by atoms with Gasteiger partial charge in [-0.25, -0.2) is 0 Å². The van der Waals surface area contributed by atoms with Gasteiger partial charge in [0.25, 0.3) is 5.91 Å². The highest BCUT2D eigenvalue weighted by Crippen LogP contribution is 2.24. The van der Waals surface area contributed by atoms with Crippen molar-refractivity contribution in [3.63, 3.8) is 0 Å². The lowest BCUT2D eigenvalue weighted by molar-refractivity contribution is 0.102. The Morgan fingerprint density at radius 1 is 1.17 bits per heavy atom. The lowest BCUT2D eigenvalue weighted by atomic mass is 10.1. The molecular weight excluding hydrogens is 370 g/mol. The van der Waals surface area contributed by atoms with Crippen molar-refractivity contribution in [3.05, 3.63) is 58.1 Å². The fourth-order valence-corrected chi connectivity index (χ4v) is 2.60. The van der Waals surface area contributed by atoms with Crippen molar-refractivity contribution < 1.29 is 14.3 Å². The molecule has 0 aliphatic rings. The van der Waals surface area contributed by atoms with Crippen LogP contribution in [0.3, 0.4) is 0 Å². The molecule has 0 saturated heterocycles. The summed E-state index contributed by atoms with van der Waals surface area (Å²) in [4.78, 5) is 12.5. The first-order chi connectivity index (χ1) is 11.7. The van der Waals surface area contributed by atoms with E-state index < -0.39 is 0 Å². The number of carbonyl (C=O) groups excluding carboxylic acids is 1. The number of carbonyl (C=O) groups is 1. The molecule has 0 unspecified atom stereocenters. The van der Waals surface area contributed by atoms with Crippen LogP contribution in [0.25, 0.3) is 0 Å². The van der Waals surface area contributed by atoms with Crippen LogP contribution >= 0.6 is 15.9 Å². The van der Waals surface area contributed by atoms with Crippen LogP contribution in [0, 0.1) is 0 Å². The molecule has 1 amide bonds. The van der Waals surface area contributed by atoms with Gasteiger partial charge in [-0.05, 0) is 59.6 Å². The molecule has 1 N–H and O–H groups in total. The number of para-hydroxylation sites is 1. The largest absolute Gasteiger partial charge is 0.494 e. The van der Waals surface area contributed by atoms with Crippen molar-refractivity contribution in [2.75, 3.05) is 18.5 Å². The molecule has 128 valence electrons. The fraction of sp³-hybridized carbons (Fsp3) is 0.316. The average molecular weight is 392 g/mol. The predicted molar refractivity (Wildman–Crippen MR) is 99.7 cm³/mol. The predicted octanol–water partition coefficient (Wildman–Crippen LogP) is 5.03. The van der Waals surface area contributed by atoms with Gasteiger partial charge in [0.15, 0.2) is 0 Å². The Kier molecular flexibility index (Phi) is 7.28. The van der Waals surface area contributed by atoms with Gasteiger partial charge in [-0.3, -0.25) is 4.79 Å². The molecule has 2 aromatic carbocycles. The zero-order valence-corrected chi connectivity index (χ0v) is 15.6. The first-order valence-electron chi connectivity index (χ1n) is 8.05. The third-order valence-corrected chi connectivity index (χ3v) is 4.04. The van der Waals surface area contributed by atoms with Gasteiger partial charge in [0.05, 0.1) is 18.9 Å². The summed E-state index contributed by atoms with van der Waals surface area (Å²) in [6, 6.07) is 12.9. The van der Waals surface area contributed by atoms with E-state index in [1.54, 1.807) is 6.07 Å². The van der Waals surface area contributed by atoms with Gasteiger partial charge < -0.3 is 14.8 Å². The summed E-state index contributed by atoms with van der Waals surface area (Å²) in [5.74, 6) is 0.590. The number of anilines is 1. The van der Waals surface area contributed by atoms with E-state index in [1.165, 1.54) is 0 Å². The van der Waals surface area contributed by atoms with Crippen molar-refractivity contribution in [1.29, 1.82) is 0 Å². The highest BCUT2D eigenvalue weighted by molar-refractivity contribution is 9.10. The zero-order valence-electron chi connectivity index (χ0n) is 14.0. The summed E-state index contributed by atoms with van der Waals surface area (Å²) in [7, 11) is 0. The second-order valence-electron chi connectivity index (χ2n) is 5.24. The lowest BCUT2D eigenvalue weighted by Gasteiger charge is -2.13. The maximum Gasteiger partial charge on any atom is 0.255 e. The van der Waals surface area contributed by atoms with Crippen LogP contribution in [-0.2, 0) is 11.3 Å². The van der Waals surface area contributed by atoms with Crippen molar-refractivity contribution in [2.45, 2.75) is 26.9 Å². The fourth-order valence-electron chi connectivity index (χ4n) is 2.21. The second kappa shape index (κ2) is 9.45. The van der Waals surface area contributed by atoms with E-state index in [2.05, 4.69) is 28.2 Å². The van der Waals surface area contributed by atoms with Crippen molar-refractivity contribution in [3.8, 4) is 5.75 Å². The van der Waals surface area contributed by atoms with Crippen LogP contribution in [0.4, 0.5) is 5.69 Å². The third-order valence-electron chi connectivity index (χ3n) is 3.35. The number of ether oxygens (including phenoxy) is 2. The topological polar surface area (TPSA) is 47.6 Å². The molecule has 2 rings (SSSR count). The first kappa shape index (κ1) is 18.5. The molecule has 0 heterocycles. The molecule has 0 atom stereocenters. The lowest BCUT2D eigenvalue weighted by Crippen LogP contribution is -2.13. The molecule has 0 bridgehead atoms. The summed E-state index contributed by atoms with van der Waals surface area (Å²) in [6.45, 7) is 5.68. The summed E-state index contributed by atoms with van der Waals surface area (Å²) in [5.41, 5.74) is 2.19. The summed E-state index contributed by atoms with van der Waals surface area (Å²) in [5, 5.41) is 2.90. The van der Waals surface area contributed by atoms with Crippen LogP contribution in [0.15, 0.2) is 46.9 Å². The van der Waals surface area contributed by atoms with Crippen LogP contribution < -0.4 is 10.1 Å². The van der Waals surface area contributed by atoms with Gasteiger partial charge in [0, 0.05) is 22.2 Å². The van der Waals surface area contributed by atoms with E-state index in [-0.39, 0.29) is 5.91 Å². The molecule has 2 aromatic rings. The molecule has 0 saturated carbocycles. The molecule has 5 heteroatoms. The molecule has 0 spiro atoms. The molecule has 0 aliphatic heterocycles. The normalized spacial score (nSPS) is 10.5. The molecule has 0 fully saturated rings. The monoisotopic (exact) mass is 391 g/mol. The molecule has 4 nitrogen and oxygen atoms in total. The van der Waals surface area contributed by atoms with Crippen LogP contribution in [0.2, 0.25) is 0 Å². The van der Waals surface area contributed by atoms with Crippen molar-refractivity contribution >= 4 is 27.5 Å². The van der Waals surface area contributed by atoms with E-state index in [4.69, 9.17) is 9.47 Å². The van der Waals surface area contributed by atoms with E-state index >= 15 is 0 Å². The average Bonchev–Trinajstić information content (AvgIpc) is 2.58. The Labute approximate surface area is 151 Å². The minimum Gasteiger partial charge on any atom is -0.494 e. The van der Waals surface area contributed by atoms with Gasteiger partial charge in [-0.15, -0.1) is 0 Å². The Morgan fingerprint density at radius 3 is 2.67 bits per heavy atom. The number of benzene rings is 2. The molecule has 0 radical (unpaired) electrons. The smallest absolute Gasteiger partial charge is 0.255 e. The molecule has 0 aliphatic carbocycles. The standard InChI is InChI=1S/C19H22BrNO3/c1-3-11-23-13-15-12-14(9-10-18(15)24-4-2)19(22)21-17-8-6-5-7-16(17)20/h5-10,12H,3-4,11,13H2,1-2H3,(H,21,22). The van der Waals surface area contributed by atoms with E-state index in [1.807, 2.05) is 43.3 Å². The quantitative estimate of drug-likeness (QED) is 0.642. The SMILES string of the molecule is CCCOCc1cc(C(=O)Nc2ccccc2Br)ccc1OCC. The van der Waals surface area contributed by atoms with Crippen molar-refractivity contribution in [2.24, 2.45) is 0 Å². The highest BCUT2D eigenvalue weighted by Gasteiger charge is 2.12. The maximum absolute atomic E-state index is 12.5. The Bertz CT molecular complexity index is 688. The second-order valence-corrected chi connectivity index (χ2v) is 6.10. The van der Waals surface area contributed by atoms with Crippen LogP contribution in [0.5, 0.6) is 5.75 Å². The number of rotatable bonds is 8. The maximum atomic E-state index is 12.5. The summed E-state index contributed by atoms with van der Waals surface area (Å²) < 4.78 is 12.1. The number of nitrogens with one attached hydrogen (secondary N) is 1. The number of amides is 1. The molecule has 0 aromatic heterocycles. The number of hydrogen-bond donors (Lipinski definition) is 1. The zero-order chi connectivity index (χ0) is 17.4. The number of hydrogen-bond acceptors (Lipinski definition) is 3. The number of halogens is 1. The summed E-state index contributed by atoms with van der Waals surface area (Å²) >= 11 is 3.43. The van der Waals surface area contributed by atoms with Crippen LogP contribution in [0.1, 0.15) is 36.2 Å². The van der Waals surface area contributed by atoms with E-state index in [9.17, 15) is 4.79 Å². The minimum absolute atomic E-state index is 0.165. The van der Waals surface area contributed by atoms with Gasteiger partial charge in [-0.1, -0.05) is 19.1 Å². The van der Waals surface area contributed by atoms with Crippen molar-refractivity contribution in [1.82, 2.24) is 0 Å². The Morgan fingerprint density at radius 2 is 1.96 bits per heavy atom. The minimum atomic E-state index is -0.165. The Hall–Kier alpha value is -1.85. The highest BCUT2D eigenvalue weighted by atomic mass is 79.9. The first-order valence-corrected chi connectivity index (χ1v) is 8.84. The Balaban J connectivity index is 2.18. The van der Waals surface area contributed by atoms with Gasteiger partial charge in [0.1, 0.15) is 5.75 Å². The third kappa shape index (κ3) is 5.08. The van der Waals surface area contributed by atoms with E-state index in [0.29, 0.717) is 25.4 Å². The van der Waals surface area contributed by atoms with Gasteiger partial charge in [-0.2, -0.15) is 0 Å². The van der Waals surface area contributed by atoms with Crippen LogP contribution in [-0.4, -0.2) is 19.1 Å². The van der Waals surface area contributed by atoms with Gasteiger partial charge >= 0.3 is 0 Å². The molecule has 24 heavy (non-hydrogen) atoms.